The number of aliphatic carboxylic acids is 1. The van der Waals surface area contributed by atoms with Crippen molar-refractivity contribution in [2.75, 3.05) is 5.32 Å². The number of rotatable bonds is 5. The fourth-order valence-corrected chi connectivity index (χ4v) is 2.89. The number of amides is 1. The van der Waals surface area contributed by atoms with Crippen LogP contribution in [0.4, 0.5) is 5.69 Å². The number of carbonyl (C=O) groups excluding carboxylic acids is 1. The third-order valence-electron chi connectivity index (χ3n) is 3.31. The van der Waals surface area contributed by atoms with Crippen molar-refractivity contribution in [3.8, 4) is 0 Å². The van der Waals surface area contributed by atoms with Gasteiger partial charge in [0.15, 0.2) is 0 Å². The Labute approximate surface area is 131 Å². The summed E-state index contributed by atoms with van der Waals surface area (Å²) in [7, 11) is 0. The Hall–Kier alpha value is -2.41. The average molecular weight is 320 g/mol. The highest BCUT2D eigenvalue weighted by Crippen LogP contribution is 2.16. The third kappa shape index (κ3) is 3.62. The molecule has 0 unspecified atom stereocenters. The molecule has 0 spiro atoms. The van der Waals surface area contributed by atoms with Crippen LogP contribution in [0.1, 0.15) is 16.1 Å². The van der Waals surface area contributed by atoms with Gasteiger partial charge < -0.3 is 10.4 Å². The maximum absolute atomic E-state index is 12.1. The van der Waals surface area contributed by atoms with Gasteiger partial charge in [0.05, 0.1) is 6.42 Å². The molecule has 0 saturated heterocycles. The molecule has 1 aromatic heterocycles. The lowest BCUT2D eigenvalue weighted by atomic mass is 10.1. The van der Waals surface area contributed by atoms with Gasteiger partial charge in [-0.25, -0.2) is 0 Å². The van der Waals surface area contributed by atoms with Gasteiger partial charge in [0.25, 0.3) is 0 Å². The molecule has 0 aliphatic carbocycles. The second kappa shape index (κ2) is 6.57. The summed E-state index contributed by atoms with van der Waals surface area (Å²) in [4.78, 5) is 35.4. The van der Waals surface area contributed by atoms with E-state index in [0.29, 0.717) is 11.3 Å². The highest BCUT2D eigenvalue weighted by Gasteiger charge is 2.13. The monoisotopic (exact) mass is 320 g/mol. The summed E-state index contributed by atoms with van der Waals surface area (Å²) in [5.74, 6) is -1.33. The first kappa shape index (κ1) is 16.0. The van der Waals surface area contributed by atoms with Crippen LogP contribution in [0.2, 0.25) is 0 Å². The van der Waals surface area contributed by atoms with E-state index in [2.05, 4.69) is 5.32 Å². The van der Waals surface area contributed by atoms with E-state index in [1.54, 1.807) is 31.2 Å². The number of thiazole rings is 1. The van der Waals surface area contributed by atoms with Crippen molar-refractivity contribution >= 4 is 28.9 Å². The lowest BCUT2D eigenvalue weighted by molar-refractivity contribution is -0.136. The molecule has 1 heterocycles. The quantitative estimate of drug-likeness (QED) is 0.879. The Kier molecular flexibility index (Phi) is 4.77. The molecule has 2 rings (SSSR count). The van der Waals surface area contributed by atoms with Gasteiger partial charge >= 0.3 is 10.8 Å². The van der Waals surface area contributed by atoms with Crippen LogP contribution in [0.5, 0.6) is 0 Å². The summed E-state index contributed by atoms with van der Waals surface area (Å²) in [5.41, 5.74) is 1.74. The van der Waals surface area contributed by atoms with Crippen molar-refractivity contribution < 1.29 is 14.7 Å². The molecular formula is C15H16N2O4S. The Morgan fingerprint density at radius 2 is 1.95 bits per heavy atom. The van der Waals surface area contributed by atoms with Gasteiger partial charge in [-0.05, 0) is 25.5 Å². The number of benzene rings is 1. The number of nitrogens with zero attached hydrogens (tertiary/aromatic N) is 1. The number of aromatic nitrogens is 1. The normalized spacial score (nSPS) is 10.5. The smallest absolute Gasteiger partial charge is 0.308 e. The fraction of sp³-hybridized carbons (Fsp3) is 0.267. The summed E-state index contributed by atoms with van der Waals surface area (Å²) >= 11 is 1.11. The van der Waals surface area contributed by atoms with E-state index in [-0.39, 0.29) is 23.7 Å². The lowest BCUT2D eigenvalue weighted by Crippen LogP contribution is -2.25. The van der Waals surface area contributed by atoms with E-state index in [4.69, 9.17) is 5.11 Å². The van der Waals surface area contributed by atoms with Gasteiger partial charge in [-0.3, -0.25) is 19.0 Å². The lowest BCUT2D eigenvalue weighted by Gasteiger charge is -2.10. The topological polar surface area (TPSA) is 88.4 Å². The second-order valence-electron chi connectivity index (χ2n) is 4.87. The van der Waals surface area contributed by atoms with Crippen LogP contribution >= 0.6 is 11.3 Å². The Balaban J connectivity index is 2.16. The summed E-state index contributed by atoms with van der Waals surface area (Å²) in [6.07, 6.45) is -0.174. The van der Waals surface area contributed by atoms with Crippen LogP contribution in [0.25, 0.3) is 0 Å². The first-order valence-electron chi connectivity index (χ1n) is 6.65. The molecule has 2 aromatic rings. The zero-order chi connectivity index (χ0) is 16.3. The van der Waals surface area contributed by atoms with E-state index < -0.39 is 5.97 Å². The van der Waals surface area contributed by atoms with Gasteiger partial charge in [-0.2, -0.15) is 0 Å². The third-order valence-corrected chi connectivity index (χ3v) is 4.31. The number of hydrogen-bond donors (Lipinski definition) is 2. The van der Waals surface area contributed by atoms with Crippen LogP contribution < -0.4 is 10.2 Å². The molecular weight excluding hydrogens is 304 g/mol. The van der Waals surface area contributed by atoms with E-state index in [1.165, 1.54) is 4.57 Å². The number of carboxylic acids is 1. The van der Waals surface area contributed by atoms with Crippen molar-refractivity contribution in [3.05, 3.63) is 50.1 Å². The maximum atomic E-state index is 12.1. The second-order valence-corrected chi connectivity index (χ2v) is 6.04. The van der Waals surface area contributed by atoms with Gasteiger partial charge in [0.2, 0.25) is 5.91 Å². The van der Waals surface area contributed by atoms with Crippen molar-refractivity contribution in [1.82, 2.24) is 4.57 Å². The fourth-order valence-electron chi connectivity index (χ4n) is 2.06. The molecule has 1 aromatic carbocycles. The number of carbonyl (C=O) groups is 2. The molecule has 0 atom stereocenters. The predicted octanol–water partition coefficient (Wildman–Crippen LogP) is 1.79. The molecule has 0 aliphatic rings. The molecule has 0 radical (unpaired) electrons. The van der Waals surface area contributed by atoms with Gasteiger partial charge in [0.1, 0.15) is 6.54 Å². The first-order valence-corrected chi connectivity index (χ1v) is 7.46. The van der Waals surface area contributed by atoms with Gasteiger partial charge in [-0.1, -0.05) is 29.5 Å². The molecule has 22 heavy (non-hydrogen) atoms. The Bertz CT molecular complexity index is 776. The average Bonchev–Trinajstić information content (AvgIpc) is 2.67. The maximum Gasteiger partial charge on any atom is 0.308 e. The van der Waals surface area contributed by atoms with Crippen molar-refractivity contribution in [3.63, 3.8) is 0 Å². The molecule has 0 bridgehead atoms. The first-order chi connectivity index (χ1) is 10.4. The molecule has 0 aliphatic heterocycles. The van der Waals surface area contributed by atoms with Crippen LogP contribution in [0.15, 0.2) is 29.1 Å². The summed E-state index contributed by atoms with van der Waals surface area (Å²) in [5, 5.41) is 11.6. The van der Waals surface area contributed by atoms with Gasteiger partial charge in [-0.15, -0.1) is 0 Å². The molecule has 6 nitrogen and oxygen atoms in total. The van der Waals surface area contributed by atoms with E-state index >= 15 is 0 Å². The largest absolute Gasteiger partial charge is 0.481 e. The number of aryl methyl sites for hydroxylation is 1. The molecule has 1 amide bonds. The van der Waals surface area contributed by atoms with Crippen LogP contribution in [-0.2, 0) is 22.6 Å². The van der Waals surface area contributed by atoms with Crippen LogP contribution in [0, 0.1) is 13.8 Å². The van der Waals surface area contributed by atoms with Crippen molar-refractivity contribution in [2.45, 2.75) is 26.8 Å². The number of hydrogen-bond acceptors (Lipinski definition) is 4. The Morgan fingerprint density at radius 3 is 2.55 bits per heavy atom. The molecule has 0 saturated carbocycles. The number of anilines is 1. The van der Waals surface area contributed by atoms with E-state index in [0.717, 1.165) is 21.9 Å². The Morgan fingerprint density at radius 1 is 1.27 bits per heavy atom. The van der Waals surface area contributed by atoms with Crippen molar-refractivity contribution in [2.24, 2.45) is 0 Å². The number of nitrogens with one attached hydrogen (secondary N) is 1. The summed E-state index contributed by atoms with van der Waals surface area (Å²) < 4.78 is 1.41. The minimum absolute atomic E-state index is 0.0869. The van der Waals surface area contributed by atoms with E-state index in [1.807, 2.05) is 6.92 Å². The number of para-hydroxylation sites is 1. The molecule has 7 heteroatoms. The number of carboxylic acid groups (broad SMARTS) is 1. The highest BCUT2D eigenvalue weighted by molar-refractivity contribution is 7.09. The zero-order valence-corrected chi connectivity index (χ0v) is 13.1. The standard InChI is InChI=1S/C15H16N2O4S/c1-9-10(2)22-15(21)17(9)8-13(18)16-12-6-4-3-5-11(12)7-14(19)20/h3-6H,7-8H2,1-2H3,(H,16,18)(H,19,20). The molecule has 116 valence electrons. The summed E-state index contributed by atoms with van der Waals surface area (Å²) in [6.45, 7) is 3.53. The highest BCUT2D eigenvalue weighted by atomic mass is 32.1. The molecule has 2 N–H and O–H groups in total. The predicted molar refractivity (Wildman–Crippen MR) is 84.5 cm³/mol. The van der Waals surface area contributed by atoms with E-state index in [9.17, 15) is 14.4 Å². The van der Waals surface area contributed by atoms with Crippen LogP contribution in [-0.4, -0.2) is 21.6 Å². The molecule has 0 fully saturated rings. The zero-order valence-electron chi connectivity index (χ0n) is 12.3. The minimum atomic E-state index is -0.970. The van der Waals surface area contributed by atoms with Crippen LogP contribution in [0.3, 0.4) is 0 Å². The van der Waals surface area contributed by atoms with Crippen molar-refractivity contribution in [1.29, 1.82) is 0 Å². The minimum Gasteiger partial charge on any atom is -0.481 e. The SMILES string of the molecule is Cc1sc(=O)n(CC(=O)Nc2ccccc2CC(=O)O)c1C. The summed E-state index contributed by atoms with van der Waals surface area (Å²) in [6, 6.07) is 6.72. The van der Waals surface area contributed by atoms with Gasteiger partial charge in [0, 0.05) is 16.3 Å².